The number of nitrogens with two attached hydrogens (primary N) is 1. The largest absolute Gasteiger partial charge is 1.00 e. The van der Waals surface area contributed by atoms with Crippen LogP contribution < -0.4 is 35.9 Å². The quantitative estimate of drug-likeness (QED) is 0.190. The first-order chi connectivity index (χ1) is 18.8. The number of para-hydroxylation sites is 4. The van der Waals surface area contributed by atoms with Gasteiger partial charge in [-0.15, -0.1) is 0 Å². The number of benzene rings is 4. The highest BCUT2D eigenvalue weighted by Gasteiger charge is 2.10. The van der Waals surface area contributed by atoms with Crippen molar-refractivity contribution in [1.29, 1.82) is 0 Å². The van der Waals surface area contributed by atoms with Gasteiger partial charge in [-0.1, -0.05) is 85.6 Å². The van der Waals surface area contributed by atoms with Crippen LogP contribution in [0, 0.1) is 0 Å². The molecule has 0 aliphatic heterocycles. The second-order valence-corrected chi connectivity index (χ2v) is 10.9. The predicted molar refractivity (Wildman–Crippen MR) is 168 cm³/mol. The minimum absolute atomic E-state index is 0. The summed E-state index contributed by atoms with van der Waals surface area (Å²) in [4.78, 5) is 9.77. The highest BCUT2D eigenvalue weighted by atomic mass is 35.5. The Morgan fingerprint density at radius 3 is 1.90 bits per heavy atom. The first-order valence-electron chi connectivity index (χ1n) is 13.4. The lowest BCUT2D eigenvalue weighted by atomic mass is 10.1. The Balaban J connectivity index is 0.00000154. The molecular weight excluding hydrogens is 555 g/mol. The fraction of sp³-hybridized carbons (Fsp3) is 0.212. The maximum absolute atomic E-state index is 6.49. The van der Waals surface area contributed by atoms with E-state index in [2.05, 4.69) is 78.1 Å². The lowest BCUT2D eigenvalue weighted by Gasteiger charge is -2.13. The molecule has 0 unspecified atom stereocenters. The normalized spacial score (nSPS) is 11.0. The van der Waals surface area contributed by atoms with E-state index in [1.807, 2.05) is 30.0 Å². The van der Waals surface area contributed by atoms with Crippen LogP contribution >= 0.6 is 11.8 Å². The SMILES string of the molecule is Nc1c2ccccc2nc2c(CSCCCCCCNc3c4ccccc4nc4ccccc34)cccc12.[Cl-].[Cl-].[H+].[H+]. The summed E-state index contributed by atoms with van der Waals surface area (Å²) in [6.45, 7) is 0.974. The van der Waals surface area contributed by atoms with Gasteiger partial charge in [-0.3, -0.25) is 0 Å². The van der Waals surface area contributed by atoms with Gasteiger partial charge in [0.1, 0.15) is 0 Å². The van der Waals surface area contributed by atoms with E-state index in [1.54, 1.807) is 0 Å². The molecule has 3 N–H and O–H groups in total. The highest BCUT2D eigenvalue weighted by Crippen LogP contribution is 2.32. The van der Waals surface area contributed by atoms with Crippen LogP contribution in [0.1, 0.15) is 34.1 Å². The van der Waals surface area contributed by atoms with Crippen molar-refractivity contribution in [3.8, 4) is 0 Å². The molecule has 0 saturated carbocycles. The zero-order chi connectivity index (χ0) is 25.7. The number of aromatic nitrogens is 2. The lowest BCUT2D eigenvalue weighted by molar-refractivity contribution is -0.00100. The second-order valence-electron chi connectivity index (χ2n) is 9.77. The molecule has 6 aromatic rings. The molecule has 2 heterocycles. The molecule has 4 aromatic carbocycles. The van der Waals surface area contributed by atoms with E-state index in [9.17, 15) is 0 Å². The number of hydrogen-bond donors (Lipinski definition) is 2. The minimum Gasteiger partial charge on any atom is -1.00 e. The number of nitrogen functional groups attached to an aromatic ring is 1. The van der Waals surface area contributed by atoms with E-state index in [0.717, 1.165) is 63.0 Å². The average molecular weight is 590 g/mol. The second kappa shape index (κ2) is 13.9. The minimum atomic E-state index is 0. The third-order valence-electron chi connectivity index (χ3n) is 7.20. The van der Waals surface area contributed by atoms with Gasteiger partial charge in [0.15, 0.2) is 0 Å². The van der Waals surface area contributed by atoms with E-state index in [4.69, 9.17) is 15.7 Å². The molecular formula is C33H34Cl2N4S. The molecule has 7 heteroatoms. The summed E-state index contributed by atoms with van der Waals surface area (Å²) in [5.41, 5.74) is 13.9. The number of nitrogens with one attached hydrogen (secondary N) is 1. The molecule has 0 radical (unpaired) electrons. The summed E-state index contributed by atoms with van der Waals surface area (Å²) < 4.78 is 0. The molecule has 0 bridgehead atoms. The Morgan fingerprint density at radius 2 is 1.20 bits per heavy atom. The van der Waals surface area contributed by atoms with Crippen molar-refractivity contribution in [3.05, 3.63) is 96.6 Å². The van der Waals surface area contributed by atoms with Crippen molar-refractivity contribution in [3.63, 3.8) is 0 Å². The van der Waals surface area contributed by atoms with E-state index >= 15 is 0 Å². The van der Waals surface area contributed by atoms with Crippen LogP contribution in [-0.4, -0.2) is 22.3 Å². The van der Waals surface area contributed by atoms with E-state index in [-0.39, 0.29) is 27.7 Å². The molecule has 0 aliphatic rings. The maximum atomic E-state index is 6.49. The maximum Gasteiger partial charge on any atom is 1.00 e. The van der Waals surface area contributed by atoms with Crippen LogP contribution in [0.2, 0.25) is 0 Å². The number of halogens is 2. The number of nitrogens with zero attached hydrogens (tertiary/aromatic N) is 2. The van der Waals surface area contributed by atoms with Crippen LogP contribution in [0.3, 0.4) is 0 Å². The predicted octanol–water partition coefficient (Wildman–Crippen LogP) is 2.81. The molecule has 206 valence electrons. The average Bonchev–Trinajstić information content (AvgIpc) is 2.96. The number of unbranched alkanes of at least 4 members (excludes halogenated alkanes) is 3. The highest BCUT2D eigenvalue weighted by molar-refractivity contribution is 7.98. The van der Waals surface area contributed by atoms with Gasteiger partial charge in [-0.2, -0.15) is 11.8 Å². The number of pyridine rings is 2. The molecule has 4 nitrogen and oxygen atoms in total. The van der Waals surface area contributed by atoms with Crippen molar-refractivity contribution in [2.24, 2.45) is 0 Å². The summed E-state index contributed by atoms with van der Waals surface area (Å²) in [6, 6.07) is 31.3. The van der Waals surface area contributed by atoms with Gasteiger partial charge in [-0.25, -0.2) is 9.97 Å². The van der Waals surface area contributed by atoms with Gasteiger partial charge in [0, 0.05) is 33.8 Å². The van der Waals surface area contributed by atoms with Crippen LogP contribution in [0.15, 0.2) is 91.0 Å². The molecule has 0 atom stereocenters. The molecule has 0 saturated heterocycles. The first kappa shape index (κ1) is 29.7. The summed E-state index contributed by atoms with van der Waals surface area (Å²) >= 11 is 1.99. The van der Waals surface area contributed by atoms with Crippen molar-refractivity contribution in [1.82, 2.24) is 9.97 Å². The van der Waals surface area contributed by atoms with Crippen molar-refractivity contribution < 1.29 is 27.7 Å². The van der Waals surface area contributed by atoms with Gasteiger partial charge in [-0.05, 0) is 42.4 Å². The van der Waals surface area contributed by atoms with E-state index in [0.29, 0.717) is 0 Å². The molecule has 2 aromatic heterocycles. The zero-order valence-electron chi connectivity index (χ0n) is 24.2. The molecule has 0 spiro atoms. The number of rotatable bonds is 10. The number of anilines is 2. The van der Waals surface area contributed by atoms with Gasteiger partial charge in [0.2, 0.25) is 0 Å². The number of hydrogen-bond acceptors (Lipinski definition) is 5. The third kappa shape index (κ3) is 6.22. The molecule has 0 fully saturated rings. The number of fused-ring (bicyclic) bond motifs is 4. The summed E-state index contributed by atoms with van der Waals surface area (Å²) in [7, 11) is 0. The molecule has 0 aliphatic carbocycles. The third-order valence-corrected chi connectivity index (χ3v) is 8.29. The summed E-state index contributed by atoms with van der Waals surface area (Å²) in [6.07, 6.45) is 4.87. The van der Waals surface area contributed by atoms with Crippen LogP contribution in [0.5, 0.6) is 0 Å². The van der Waals surface area contributed by atoms with Crippen molar-refractivity contribution >= 4 is 66.7 Å². The van der Waals surface area contributed by atoms with Gasteiger partial charge >= 0.3 is 2.85 Å². The van der Waals surface area contributed by atoms with Crippen LogP contribution in [0.4, 0.5) is 11.4 Å². The smallest absolute Gasteiger partial charge is 1.00 e. The molecule has 6 rings (SSSR count). The Morgan fingerprint density at radius 1 is 0.625 bits per heavy atom. The van der Waals surface area contributed by atoms with Gasteiger partial charge < -0.3 is 35.9 Å². The fourth-order valence-electron chi connectivity index (χ4n) is 5.23. The summed E-state index contributed by atoms with van der Waals surface area (Å²) in [5, 5.41) is 8.21. The standard InChI is InChI=1S/C33H32N4S.2ClH/c34-31-24-13-3-6-17-28(24)37-32-23(12-11-16-27(31)32)22-38-21-10-2-1-9-20-35-33-25-14-4-7-18-29(25)36-30-19-8-5-15-26(30)33;;/h3-8,11-19H,1-2,9-10,20-22H2,(H2,34,37)(H,35,36);2*1H. The molecule has 40 heavy (non-hydrogen) atoms. The first-order valence-corrected chi connectivity index (χ1v) is 14.6. The molecule has 0 amide bonds. The van der Waals surface area contributed by atoms with E-state index < -0.39 is 0 Å². The number of thioether (sulfide) groups is 1. The Bertz CT molecular complexity index is 1700. The van der Waals surface area contributed by atoms with Gasteiger partial charge in [0.05, 0.1) is 33.4 Å². The monoisotopic (exact) mass is 588 g/mol. The van der Waals surface area contributed by atoms with Gasteiger partial charge in [0.25, 0.3) is 0 Å². The summed E-state index contributed by atoms with van der Waals surface area (Å²) in [5.74, 6) is 2.12. The van der Waals surface area contributed by atoms with Crippen LogP contribution in [0.25, 0.3) is 43.6 Å². The van der Waals surface area contributed by atoms with Crippen molar-refractivity contribution in [2.75, 3.05) is 23.3 Å². The Kier molecular flexibility index (Phi) is 10.3. The lowest BCUT2D eigenvalue weighted by Crippen LogP contribution is -3.00. The fourth-order valence-corrected chi connectivity index (χ4v) is 6.24. The Labute approximate surface area is 254 Å². The topological polar surface area (TPSA) is 63.8 Å². The van der Waals surface area contributed by atoms with Crippen molar-refractivity contribution in [2.45, 2.75) is 31.4 Å². The zero-order valence-corrected chi connectivity index (χ0v) is 24.6. The Hall–Kier alpha value is -3.25. The van der Waals surface area contributed by atoms with E-state index in [1.165, 1.54) is 41.3 Å². The van der Waals surface area contributed by atoms with Crippen LogP contribution in [-0.2, 0) is 5.75 Å².